The number of allylic oxidation sites excluding steroid dienone is 2. The van der Waals surface area contributed by atoms with Gasteiger partial charge < -0.3 is 5.32 Å². The van der Waals surface area contributed by atoms with Gasteiger partial charge in [0.2, 0.25) is 5.91 Å². The second-order valence-corrected chi connectivity index (χ2v) is 7.10. The summed E-state index contributed by atoms with van der Waals surface area (Å²) in [4.78, 5) is 12.9. The fourth-order valence-corrected chi connectivity index (χ4v) is 4.57. The molecule has 0 saturated heterocycles. The van der Waals surface area contributed by atoms with Crippen molar-refractivity contribution in [3.63, 3.8) is 0 Å². The maximum atomic E-state index is 12.9. The molecule has 1 aromatic heterocycles. The molecule has 3 aliphatic rings. The minimum Gasteiger partial charge on any atom is -0.354 e. The molecule has 2 bridgehead atoms. The van der Waals surface area contributed by atoms with Crippen molar-refractivity contribution in [2.45, 2.75) is 50.5 Å². The zero-order valence-electron chi connectivity index (χ0n) is 12.8. The second kappa shape index (κ2) is 5.48. The highest BCUT2D eigenvalue weighted by Gasteiger charge is 2.43. The van der Waals surface area contributed by atoms with Crippen molar-refractivity contribution in [2.75, 3.05) is 6.54 Å². The molecule has 1 N–H and O–H groups in total. The molecule has 6 nitrogen and oxygen atoms in total. The molecular weight excluding hydrogens is 278 g/mol. The van der Waals surface area contributed by atoms with Gasteiger partial charge in [0, 0.05) is 6.54 Å². The normalized spacial score (nSPS) is 32.3. The van der Waals surface area contributed by atoms with Crippen LogP contribution in [0.4, 0.5) is 0 Å². The van der Waals surface area contributed by atoms with Crippen molar-refractivity contribution in [3.8, 4) is 0 Å². The number of hydrogen-bond acceptors (Lipinski definition) is 4. The van der Waals surface area contributed by atoms with Gasteiger partial charge in [0.25, 0.3) is 0 Å². The minimum atomic E-state index is -0.574. The monoisotopic (exact) mass is 301 g/mol. The largest absolute Gasteiger partial charge is 0.354 e. The summed E-state index contributed by atoms with van der Waals surface area (Å²) in [6, 6.07) is 0. The van der Waals surface area contributed by atoms with Gasteiger partial charge in [0.15, 0.2) is 0 Å². The Morgan fingerprint density at radius 1 is 1.23 bits per heavy atom. The average molecular weight is 301 g/mol. The third-order valence-corrected chi connectivity index (χ3v) is 5.83. The van der Waals surface area contributed by atoms with Gasteiger partial charge in [-0.1, -0.05) is 31.4 Å². The van der Waals surface area contributed by atoms with Crippen molar-refractivity contribution in [2.24, 2.45) is 17.8 Å². The molecule has 3 atom stereocenters. The molecule has 0 aliphatic heterocycles. The summed E-state index contributed by atoms with van der Waals surface area (Å²) < 4.78 is 1.68. The number of fused-ring (bicyclic) bond motifs is 2. The SMILES string of the molecule is O=C(NC[C@@H]1C[C@@H]2C=C[C@H]1C2)C1(n2cnnn2)CCCCC1. The summed E-state index contributed by atoms with van der Waals surface area (Å²) in [5, 5.41) is 14.7. The molecule has 0 radical (unpaired) electrons. The molecule has 1 amide bonds. The van der Waals surface area contributed by atoms with Crippen molar-refractivity contribution >= 4 is 5.91 Å². The van der Waals surface area contributed by atoms with Gasteiger partial charge in [0.05, 0.1) is 0 Å². The summed E-state index contributed by atoms with van der Waals surface area (Å²) in [6.07, 6.45) is 13.7. The van der Waals surface area contributed by atoms with E-state index in [2.05, 4.69) is 33.0 Å². The first kappa shape index (κ1) is 13.9. The fraction of sp³-hybridized carbons (Fsp3) is 0.750. The van der Waals surface area contributed by atoms with E-state index in [1.165, 1.54) is 19.3 Å². The van der Waals surface area contributed by atoms with Gasteiger partial charge in [0.1, 0.15) is 11.9 Å². The Labute approximate surface area is 130 Å². The van der Waals surface area contributed by atoms with E-state index in [9.17, 15) is 4.79 Å². The van der Waals surface area contributed by atoms with Crippen LogP contribution >= 0.6 is 0 Å². The van der Waals surface area contributed by atoms with Crippen LogP contribution in [0.25, 0.3) is 0 Å². The number of hydrogen-bond donors (Lipinski definition) is 1. The van der Waals surface area contributed by atoms with Crippen LogP contribution in [0.1, 0.15) is 44.9 Å². The Balaban J connectivity index is 1.46. The van der Waals surface area contributed by atoms with Gasteiger partial charge in [-0.15, -0.1) is 5.10 Å². The lowest BCUT2D eigenvalue weighted by atomic mass is 9.80. The number of amides is 1. The Bertz CT molecular complexity index is 561. The van der Waals surface area contributed by atoms with Gasteiger partial charge in [-0.25, -0.2) is 4.68 Å². The summed E-state index contributed by atoms with van der Waals surface area (Å²) >= 11 is 0. The van der Waals surface area contributed by atoms with Crippen LogP contribution in [0.15, 0.2) is 18.5 Å². The lowest BCUT2D eigenvalue weighted by Gasteiger charge is -2.35. The smallest absolute Gasteiger partial charge is 0.248 e. The highest BCUT2D eigenvalue weighted by Crippen LogP contribution is 2.43. The molecule has 1 heterocycles. The van der Waals surface area contributed by atoms with Gasteiger partial charge >= 0.3 is 0 Å². The van der Waals surface area contributed by atoms with E-state index >= 15 is 0 Å². The minimum absolute atomic E-state index is 0.103. The number of carbonyl (C=O) groups is 1. The van der Waals surface area contributed by atoms with Crippen LogP contribution in [0, 0.1) is 17.8 Å². The Morgan fingerprint density at radius 3 is 2.73 bits per heavy atom. The number of tetrazole rings is 1. The summed E-state index contributed by atoms with van der Waals surface area (Å²) in [6.45, 7) is 0.786. The summed E-state index contributed by atoms with van der Waals surface area (Å²) in [5.74, 6) is 2.12. The topological polar surface area (TPSA) is 72.7 Å². The highest BCUT2D eigenvalue weighted by molar-refractivity contribution is 5.84. The van der Waals surface area contributed by atoms with Crippen molar-refractivity contribution < 1.29 is 4.79 Å². The first-order chi connectivity index (χ1) is 10.8. The Hall–Kier alpha value is -1.72. The van der Waals surface area contributed by atoms with Gasteiger partial charge in [-0.05, 0) is 53.9 Å². The van der Waals surface area contributed by atoms with E-state index in [0.717, 1.165) is 38.1 Å². The number of carbonyl (C=O) groups excluding carboxylic acids is 1. The Morgan fingerprint density at radius 2 is 2.09 bits per heavy atom. The lowest BCUT2D eigenvalue weighted by Crippen LogP contribution is -2.51. The molecule has 6 heteroatoms. The zero-order chi connectivity index (χ0) is 15.0. The lowest BCUT2D eigenvalue weighted by molar-refractivity contribution is -0.132. The molecule has 22 heavy (non-hydrogen) atoms. The molecule has 0 spiro atoms. The summed E-state index contributed by atoms with van der Waals surface area (Å²) in [5.41, 5.74) is -0.574. The predicted octanol–water partition coefficient (Wildman–Crippen LogP) is 1.66. The van der Waals surface area contributed by atoms with Crippen LogP contribution in [0.2, 0.25) is 0 Å². The first-order valence-corrected chi connectivity index (χ1v) is 8.48. The van der Waals surface area contributed by atoms with E-state index in [0.29, 0.717) is 11.8 Å². The molecule has 0 unspecified atom stereocenters. The van der Waals surface area contributed by atoms with E-state index in [1.807, 2.05) is 0 Å². The Kier molecular flexibility index (Phi) is 3.47. The van der Waals surface area contributed by atoms with Crippen molar-refractivity contribution in [3.05, 3.63) is 18.5 Å². The summed E-state index contributed by atoms with van der Waals surface area (Å²) in [7, 11) is 0. The molecule has 2 fully saturated rings. The third kappa shape index (κ3) is 2.25. The van der Waals surface area contributed by atoms with Crippen molar-refractivity contribution in [1.82, 2.24) is 25.5 Å². The number of rotatable bonds is 4. The molecule has 2 saturated carbocycles. The number of aromatic nitrogens is 4. The maximum Gasteiger partial charge on any atom is 0.248 e. The molecule has 0 aromatic carbocycles. The van der Waals surface area contributed by atoms with Crippen LogP contribution in [0.5, 0.6) is 0 Å². The predicted molar refractivity (Wildman–Crippen MR) is 80.7 cm³/mol. The average Bonchev–Trinajstić information content (AvgIpc) is 3.30. The molecular formula is C16H23N5O. The molecule has 118 valence electrons. The van der Waals surface area contributed by atoms with Crippen molar-refractivity contribution in [1.29, 1.82) is 0 Å². The molecule has 3 aliphatic carbocycles. The second-order valence-electron chi connectivity index (χ2n) is 7.10. The van der Waals surface area contributed by atoms with Crippen LogP contribution in [-0.2, 0) is 10.3 Å². The van der Waals surface area contributed by atoms with E-state index < -0.39 is 5.54 Å². The van der Waals surface area contributed by atoms with Gasteiger partial charge in [-0.2, -0.15) is 0 Å². The standard InChI is InChI=1S/C16H23N5O/c22-15(17-10-14-9-12-4-5-13(14)8-12)16(6-2-1-3-7-16)21-11-18-19-20-21/h4-5,11-14H,1-3,6-10H2,(H,17,22)/t12-,13+,14+/m1/s1. The maximum absolute atomic E-state index is 12.9. The molecule has 4 rings (SSSR count). The van der Waals surface area contributed by atoms with Crippen LogP contribution < -0.4 is 5.32 Å². The third-order valence-electron chi connectivity index (χ3n) is 5.83. The van der Waals surface area contributed by atoms with E-state index in [-0.39, 0.29) is 5.91 Å². The zero-order valence-corrected chi connectivity index (χ0v) is 12.8. The van der Waals surface area contributed by atoms with E-state index in [4.69, 9.17) is 0 Å². The van der Waals surface area contributed by atoms with Crippen LogP contribution in [0.3, 0.4) is 0 Å². The first-order valence-electron chi connectivity index (χ1n) is 8.48. The fourth-order valence-electron chi connectivity index (χ4n) is 4.57. The quantitative estimate of drug-likeness (QED) is 0.859. The van der Waals surface area contributed by atoms with E-state index in [1.54, 1.807) is 11.0 Å². The molecule has 1 aromatic rings. The number of nitrogens with zero attached hydrogens (tertiary/aromatic N) is 4. The van der Waals surface area contributed by atoms with Crippen LogP contribution in [-0.4, -0.2) is 32.7 Å². The number of nitrogens with one attached hydrogen (secondary N) is 1. The van der Waals surface area contributed by atoms with Gasteiger partial charge in [-0.3, -0.25) is 4.79 Å². The highest BCUT2D eigenvalue weighted by atomic mass is 16.2.